The molecule has 0 aliphatic heterocycles. The first-order valence-electron chi connectivity index (χ1n) is 7.27. The molecular formula is C16H26FNO2. The lowest BCUT2D eigenvalue weighted by Crippen LogP contribution is -2.34. The Balaban J connectivity index is 2.99. The SMILES string of the molecule is CCCNC(c1ccc(OC)c(F)c1)C(CCC)OC. The fourth-order valence-corrected chi connectivity index (χ4v) is 2.34. The lowest BCUT2D eigenvalue weighted by molar-refractivity contribution is 0.0605. The first kappa shape index (κ1) is 16.9. The van der Waals surface area contributed by atoms with E-state index in [2.05, 4.69) is 19.2 Å². The quantitative estimate of drug-likeness (QED) is 0.749. The van der Waals surface area contributed by atoms with E-state index in [1.165, 1.54) is 13.2 Å². The second-order valence-electron chi connectivity index (χ2n) is 4.89. The Hall–Kier alpha value is -1.13. The molecular weight excluding hydrogens is 257 g/mol. The molecule has 2 atom stereocenters. The molecule has 0 heterocycles. The van der Waals surface area contributed by atoms with Gasteiger partial charge in [-0.25, -0.2) is 4.39 Å². The van der Waals surface area contributed by atoms with Gasteiger partial charge in [0.05, 0.1) is 19.3 Å². The van der Waals surface area contributed by atoms with Crippen LogP contribution in [0, 0.1) is 5.82 Å². The van der Waals surface area contributed by atoms with Crippen LogP contribution in [0.2, 0.25) is 0 Å². The Morgan fingerprint density at radius 2 is 1.95 bits per heavy atom. The van der Waals surface area contributed by atoms with Crippen molar-refractivity contribution in [3.63, 3.8) is 0 Å². The second kappa shape index (κ2) is 8.93. The predicted molar refractivity (Wildman–Crippen MR) is 79.7 cm³/mol. The van der Waals surface area contributed by atoms with Crippen molar-refractivity contribution < 1.29 is 13.9 Å². The maximum Gasteiger partial charge on any atom is 0.165 e. The monoisotopic (exact) mass is 283 g/mol. The van der Waals surface area contributed by atoms with Crippen LogP contribution in [0.5, 0.6) is 5.75 Å². The Kier molecular flexibility index (Phi) is 7.55. The van der Waals surface area contributed by atoms with Gasteiger partial charge in [0.25, 0.3) is 0 Å². The lowest BCUT2D eigenvalue weighted by Gasteiger charge is -2.27. The van der Waals surface area contributed by atoms with Gasteiger partial charge in [-0.3, -0.25) is 0 Å². The molecule has 4 heteroatoms. The van der Waals surface area contributed by atoms with E-state index in [-0.39, 0.29) is 23.7 Å². The van der Waals surface area contributed by atoms with Crippen LogP contribution in [-0.2, 0) is 4.74 Å². The van der Waals surface area contributed by atoms with Gasteiger partial charge < -0.3 is 14.8 Å². The first-order chi connectivity index (χ1) is 9.67. The molecule has 0 saturated heterocycles. The van der Waals surface area contributed by atoms with Gasteiger partial charge in [-0.1, -0.05) is 26.3 Å². The van der Waals surface area contributed by atoms with Gasteiger partial charge in [0.15, 0.2) is 11.6 Å². The molecule has 0 aromatic heterocycles. The number of ether oxygens (including phenoxy) is 2. The van der Waals surface area contributed by atoms with Gasteiger partial charge >= 0.3 is 0 Å². The molecule has 0 saturated carbocycles. The molecule has 1 N–H and O–H groups in total. The second-order valence-corrected chi connectivity index (χ2v) is 4.89. The number of hydrogen-bond acceptors (Lipinski definition) is 3. The zero-order valence-corrected chi connectivity index (χ0v) is 12.9. The van der Waals surface area contributed by atoms with Gasteiger partial charge in [-0.2, -0.15) is 0 Å². The molecule has 1 aromatic carbocycles. The van der Waals surface area contributed by atoms with E-state index in [9.17, 15) is 4.39 Å². The third-order valence-corrected chi connectivity index (χ3v) is 3.40. The minimum atomic E-state index is -0.334. The summed E-state index contributed by atoms with van der Waals surface area (Å²) >= 11 is 0. The molecule has 0 bridgehead atoms. The Morgan fingerprint density at radius 1 is 1.20 bits per heavy atom. The molecule has 3 nitrogen and oxygen atoms in total. The molecule has 0 aliphatic rings. The highest BCUT2D eigenvalue weighted by Gasteiger charge is 2.22. The van der Waals surface area contributed by atoms with Gasteiger partial charge in [-0.15, -0.1) is 0 Å². The summed E-state index contributed by atoms with van der Waals surface area (Å²) in [7, 11) is 3.18. The molecule has 114 valence electrons. The number of halogens is 1. The highest BCUT2D eigenvalue weighted by Crippen LogP contribution is 2.26. The molecule has 1 rings (SSSR count). The standard InChI is InChI=1S/C16H26FNO2/c1-5-7-15(20-4)16(18-10-6-2)12-8-9-14(19-3)13(17)11-12/h8-9,11,15-16,18H,5-7,10H2,1-4H3. The topological polar surface area (TPSA) is 30.5 Å². The van der Waals surface area contributed by atoms with Crippen LogP contribution in [-0.4, -0.2) is 26.9 Å². The minimum absolute atomic E-state index is 0.000283. The smallest absolute Gasteiger partial charge is 0.165 e. The van der Waals surface area contributed by atoms with Crippen molar-refractivity contribution in [2.45, 2.75) is 45.3 Å². The summed E-state index contributed by atoms with van der Waals surface area (Å²) in [6.07, 6.45) is 3.03. The highest BCUT2D eigenvalue weighted by molar-refractivity contribution is 5.31. The minimum Gasteiger partial charge on any atom is -0.494 e. The van der Waals surface area contributed by atoms with Gasteiger partial charge in [0.2, 0.25) is 0 Å². The van der Waals surface area contributed by atoms with E-state index in [0.29, 0.717) is 0 Å². The zero-order chi connectivity index (χ0) is 15.0. The summed E-state index contributed by atoms with van der Waals surface area (Å²) in [5.41, 5.74) is 0.900. The molecule has 0 radical (unpaired) electrons. The van der Waals surface area contributed by atoms with Gasteiger partial charge in [0, 0.05) is 7.11 Å². The number of nitrogens with one attached hydrogen (secondary N) is 1. The van der Waals surface area contributed by atoms with Crippen molar-refractivity contribution in [3.8, 4) is 5.75 Å². The average molecular weight is 283 g/mol. The molecule has 0 amide bonds. The Morgan fingerprint density at radius 3 is 2.45 bits per heavy atom. The maximum atomic E-state index is 13.9. The lowest BCUT2D eigenvalue weighted by atomic mass is 9.97. The molecule has 2 unspecified atom stereocenters. The normalized spacial score (nSPS) is 14.1. The maximum absolute atomic E-state index is 13.9. The Labute approximate surface area is 121 Å². The van der Waals surface area contributed by atoms with E-state index in [0.717, 1.165) is 31.4 Å². The van der Waals surface area contributed by atoms with Crippen molar-refractivity contribution in [2.75, 3.05) is 20.8 Å². The number of hydrogen-bond donors (Lipinski definition) is 1. The fourth-order valence-electron chi connectivity index (χ4n) is 2.34. The summed E-state index contributed by atoms with van der Waals surface area (Å²) < 4.78 is 24.4. The number of methoxy groups -OCH3 is 2. The molecule has 0 fully saturated rings. The van der Waals surface area contributed by atoms with Crippen molar-refractivity contribution in [2.24, 2.45) is 0 Å². The highest BCUT2D eigenvalue weighted by atomic mass is 19.1. The predicted octanol–water partition coefficient (Wildman–Crippen LogP) is 3.69. The molecule has 0 aliphatic carbocycles. The summed E-state index contributed by atoms with van der Waals surface area (Å²) in [5, 5.41) is 3.45. The molecule has 20 heavy (non-hydrogen) atoms. The van der Waals surface area contributed by atoms with Gasteiger partial charge in [-0.05, 0) is 37.1 Å². The van der Waals surface area contributed by atoms with E-state index >= 15 is 0 Å². The van der Waals surface area contributed by atoms with Crippen LogP contribution < -0.4 is 10.1 Å². The summed E-state index contributed by atoms with van der Waals surface area (Å²) in [4.78, 5) is 0. The number of rotatable bonds is 9. The average Bonchev–Trinajstić information content (AvgIpc) is 2.46. The molecule has 0 spiro atoms. The van der Waals surface area contributed by atoms with Crippen LogP contribution in [0.3, 0.4) is 0 Å². The van der Waals surface area contributed by atoms with Crippen LogP contribution in [0.1, 0.15) is 44.7 Å². The third-order valence-electron chi connectivity index (χ3n) is 3.40. The van der Waals surface area contributed by atoms with Crippen molar-refractivity contribution in [3.05, 3.63) is 29.6 Å². The summed E-state index contributed by atoms with van der Waals surface area (Å²) in [6, 6.07) is 5.11. The van der Waals surface area contributed by atoms with Crippen LogP contribution in [0.4, 0.5) is 4.39 Å². The largest absolute Gasteiger partial charge is 0.494 e. The van der Waals surface area contributed by atoms with E-state index < -0.39 is 0 Å². The van der Waals surface area contributed by atoms with E-state index in [1.807, 2.05) is 6.07 Å². The van der Waals surface area contributed by atoms with Crippen LogP contribution in [0.15, 0.2) is 18.2 Å². The van der Waals surface area contributed by atoms with Crippen molar-refractivity contribution in [1.29, 1.82) is 0 Å². The summed E-state index contributed by atoms with van der Waals surface area (Å²) in [6.45, 7) is 5.11. The van der Waals surface area contributed by atoms with E-state index in [1.54, 1.807) is 13.2 Å². The number of benzene rings is 1. The van der Waals surface area contributed by atoms with Gasteiger partial charge in [0.1, 0.15) is 0 Å². The Bertz CT molecular complexity index is 398. The van der Waals surface area contributed by atoms with Crippen LogP contribution in [0.25, 0.3) is 0 Å². The fraction of sp³-hybridized carbons (Fsp3) is 0.625. The molecule has 1 aromatic rings. The first-order valence-corrected chi connectivity index (χ1v) is 7.27. The van der Waals surface area contributed by atoms with Crippen molar-refractivity contribution >= 4 is 0 Å². The third kappa shape index (κ3) is 4.46. The summed E-state index contributed by atoms with van der Waals surface area (Å²) in [5.74, 6) is -0.0629. The van der Waals surface area contributed by atoms with Crippen molar-refractivity contribution in [1.82, 2.24) is 5.32 Å². The zero-order valence-electron chi connectivity index (χ0n) is 12.9. The van der Waals surface area contributed by atoms with Crippen LogP contribution >= 0.6 is 0 Å². The van der Waals surface area contributed by atoms with E-state index in [4.69, 9.17) is 9.47 Å².